The molecule has 0 N–H and O–H groups in total. The Hall–Kier alpha value is -3.17. The maximum Gasteiger partial charge on any atom is 0.324 e. The number of carbonyl (C=O) groups excluding carboxylic acids is 1. The lowest BCUT2D eigenvalue weighted by Crippen LogP contribution is -2.07. The van der Waals surface area contributed by atoms with E-state index in [0.717, 1.165) is 16.5 Å². The molecule has 0 saturated carbocycles. The van der Waals surface area contributed by atoms with Gasteiger partial charge in [-0.05, 0) is 44.5 Å². The van der Waals surface area contributed by atoms with Crippen LogP contribution in [0.3, 0.4) is 0 Å². The summed E-state index contributed by atoms with van der Waals surface area (Å²) in [5, 5.41) is 9.73. The molecular weight excluding hydrogens is 457 g/mol. The van der Waals surface area contributed by atoms with Gasteiger partial charge in [-0.3, -0.25) is 9.48 Å². The Morgan fingerprint density at radius 1 is 1.22 bits per heavy atom. The molecule has 0 spiro atoms. The summed E-state index contributed by atoms with van der Waals surface area (Å²) in [6.07, 6.45) is 4.07. The normalized spacial score (nSPS) is 11.3. The molecule has 1 aromatic carbocycles. The second kappa shape index (κ2) is 9.54. The first-order valence-electron chi connectivity index (χ1n) is 9.88. The molecule has 4 aromatic rings. The molecule has 0 atom stereocenters. The fourth-order valence-electron chi connectivity index (χ4n) is 3.13. The van der Waals surface area contributed by atoms with E-state index in [0.29, 0.717) is 41.1 Å². The molecule has 0 bridgehead atoms. The number of hydrogen-bond donors (Lipinski definition) is 0. The summed E-state index contributed by atoms with van der Waals surface area (Å²) < 4.78 is 16.9. The van der Waals surface area contributed by atoms with E-state index in [1.165, 1.54) is 0 Å². The number of halogens is 2. The number of hydrogen-bond acceptors (Lipinski definition) is 8. The number of rotatable bonds is 8. The minimum atomic E-state index is -0.461. The first kappa shape index (κ1) is 22.0. The predicted octanol–water partition coefficient (Wildman–Crippen LogP) is 5.07. The van der Waals surface area contributed by atoms with Crippen LogP contribution in [0.1, 0.15) is 26.7 Å². The molecule has 0 aliphatic heterocycles. The summed E-state index contributed by atoms with van der Waals surface area (Å²) in [5.74, 6) is 0.620. The van der Waals surface area contributed by atoms with Crippen LogP contribution in [0.5, 0.6) is 5.88 Å². The molecule has 0 amide bonds. The van der Waals surface area contributed by atoms with Crippen molar-refractivity contribution in [3.05, 3.63) is 41.7 Å². The van der Waals surface area contributed by atoms with Crippen molar-refractivity contribution >= 4 is 40.3 Å². The molecule has 0 aliphatic rings. The molecule has 4 rings (SSSR count). The summed E-state index contributed by atoms with van der Waals surface area (Å²) in [5.41, 5.74) is 2.29. The van der Waals surface area contributed by atoms with Crippen LogP contribution in [0.2, 0.25) is 5.02 Å². The van der Waals surface area contributed by atoms with E-state index in [9.17, 15) is 4.79 Å². The van der Waals surface area contributed by atoms with Crippen molar-refractivity contribution in [1.29, 1.82) is 0 Å². The third kappa shape index (κ3) is 4.84. The fourth-order valence-corrected chi connectivity index (χ4v) is 3.41. The van der Waals surface area contributed by atoms with Gasteiger partial charge in [0.2, 0.25) is 11.7 Å². The van der Waals surface area contributed by atoms with Crippen LogP contribution in [0, 0.1) is 0 Å². The second-order valence-electron chi connectivity index (χ2n) is 7.29. The van der Waals surface area contributed by atoms with Crippen LogP contribution in [0.25, 0.3) is 33.7 Å². The van der Waals surface area contributed by atoms with Crippen molar-refractivity contribution in [2.24, 2.45) is 0 Å². The van der Waals surface area contributed by atoms with Crippen molar-refractivity contribution < 1.29 is 18.3 Å². The van der Waals surface area contributed by atoms with Crippen LogP contribution in [-0.2, 0) is 15.6 Å². The van der Waals surface area contributed by atoms with E-state index in [1.807, 2.05) is 36.7 Å². The maximum absolute atomic E-state index is 11.2. The highest BCUT2D eigenvalue weighted by Gasteiger charge is 2.15. The summed E-state index contributed by atoms with van der Waals surface area (Å²) in [6.45, 7) is 4.36. The molecule has 11 heteroatoms. The molecule has 0 unspecified atom stereocenters. The summed E-state index contributed by atoms with van der Waals surface area (Å²) in [4.78, 5) is 19.9. The van der Waals surface area contributed by atoms with Gasteiger partial charge in [-0.2, -0.15) is 10.1 Å². The first-order valence-corrected chi connectivity index (χ1v) is 10.6. The summed E-state index contributed by atoms with van der Waals surface area (Å²) >= 11 is 11.3. The monoisotopic (exact) mass is 475 g/mol. The Morgan fingerprint density at radius 3 is 2.81 bits per heavy atom. The number of carbonyl (C=O) groups is 1. The second-order valence-corrected chi connectivity index (χ2v) is 7.86. The van der Waals surface area contributed by atoms with Gasteiger partial charge in [0.05, 0.1) is 23.4 Å². The number of nitrogens with zero attached hydrogens (tertiary/aromatic N) is 5. The molecule has 32 heavy (non-hydrogen) atoms. The topological polar surface area (TPSA) is 105 Å². The molecule has 0 saturated heterocycles. The first-order chi connectivity index (χ1) is 15.4. The van der Waals surface area contributed by atoms with Gasteiger partial charge in [0, 0.05) is 30.1 Å². The Balaban J connectivity index is 1.52. The van der Waals surface area contributed by atoms with Crippen molar-refractivity contribution in [2.75, 3.05) is 0 Å². The van der Waals surface area contributed by atoms with E-state index < -0.39 is 5.97 Å². The SMILES string of the molecule is CC(C)Oc1ncc(-c2nc(-c3ccc4c(cnn4CCCC(=O)OCl)c3)no2)cc1Cl. The van der Waals surface area contributed by atoms with Gasteiger partial charge in [-0.1, -0.05) is 16.8 Å². The van der Waals surface area contributed by atoms with E-state index in [1.54, 1.807) is 18.5 Å². The predicted molar refractivity (Wildman–Crippen MR) is 118 cm³/mol. The highest BCUT2D eigenvalue weighted by Crippen LogP contribution is 2.30. The number of pyridine rings is 1. The lowest BCUT2D eigenvalue weighted by molar-refractivity contribution is -0.134. The van der Waals surface area contributed by atoms with E-state index in [2.05, 4.69) is 24.5 Å². The van der Waals surface area contributed by atoms with Crippen molar-refractivity contribution in [3.63, 3.8) is 0 Å². The van der Waals surface area contributed by atoms with Crippen LogP contribution in [0.4, 0.5) is 0 Å². The fraction of sp³-hybridized carbons (Fsp3) is 0.286. The smallest absolute Gasteiger partial charge is 0.324 e. The van der Waals surface area contributed by atoms with Gasteiger partial charge in [0.15, 0.2) is 0 Å². The summed E-state index contributed by atoms with van der Waals surface area (Å²) in [6, 6.07) is 7.40. The van der Waals surface area contributed by atoms with Crippen molar-refractivity contribution in [3.8, 4) is 28.7 Å². The quantitative estimate of drug-likeness (QED) is 0.347. The van der Waals surface area contributed by atoms with E-state index in [4.69, 9.17) is 32.7 Å². The van der Waals surface area contributed by atoms with Crippen LogP contribution >= 0.6 is 23.5 Å². The number of fused-ring (bicyclic) bond motifs is 1. The van der Waals surface area contributed by atoms with Crippen LogP contribution in [-0.4, -0.2) is 37.0 Å². The Labute approximate surface area is 193 Å². The zero-order valence-corrected chi connectivity index (χ0v) is 18.8. The summed E-state index contributed by atoms with van der Waals surface area (Å²) in [7, 11) is 0. The lowest BCUT2D eigenvalue weighted by Gasteiger charge is -2.09. The number of aromatic nitrogens is 5. The largest absolute Gasteiger partial charge is 0.474 e. The molecule has 3 heterocycles. The van der Waals surface area contributed by atoms with Gasteiger partial charge in [-0.15, -0.1) is 0 Å². The lowest BCUT2D eigenvalue weighted by atomic mass is 10.1. The Kier molecular flexibility index (Phi) is 6.57. The highest BCUT2D eigenvalue weighted by atomic mass is 35.5. The number of ether oxygens (including phenoxy) is 1. The average Bonchev–Trinajstić information content (AvgIpc) is 3.42. The number of benzene rings is 1. The molecule has 9 nitrogen and oxygen atoms in total. The number of aryl methyl sites for hydroxylation is 1. The molecule has 0 radical (unpaired) electrons. The maximum atomic E-state index is 11.2. The molecular formula is C21H19Cl2N5O4. The van der Waals surface area contributed by atoms with Gasteiger partial charge in [-0.25, -0.2) is 4.98 Å². The molecule has 0 aliphatic carbocycles. The standard InChI is InChI=1S/C21H19Cl2N5O4/c1-12(2)30-21-16(22)9-15(10-24-21)20-26-19(27-32-20)13-5-6-17-14(8-13)11-25-28(17)7-3-4-18(29)31-23/h5-6,8-12H,3-4,7H2,1-2H3. The molecule has 3 aromatic heterocycles. The zero-order chi connectivity index (χ0) is 22.7. The van der Waals surface area contributed by atoms with E-state index >= 15 is 0 Å². The Morgan fingerprint density at radius 2 is 2.06 bits per heavy atom. The zero-order valence-electron chi connectivity index (χ0n) is 17.3. The van der Waals surface area contributed by atoms with Gasteiger partial charge < -0.3 is 13.5 Å². The van der Waals surface area contributed by atoms with Gasteiger partial charge in [0.25, 0.3) is 5.89 Å². The minimum absolute atomic E-state index is 0.0396. The van der Waals surface area contributed by atoms with Crippen molar-refractivity contribution in [1.82, 2.24) is 24.9 Å². The molecule has 0 fully saturated rings. The molecule has 166 valence electrons. The van der Waals surface area contributed by atoms with Crippen LogP contribution < -0.4 is 4.74 Å². The third-order valence-corrected chi connectivity index (χ3v) is 5.01. The third-order valence-electron chi connectivity index (χ3n) is 4.56. The van der Waals surface area contributed by atoms with Gasteiger partial charge in [0.1, 0.15) is 16.9 Å². The van der Waals surface area contributed by atoms with Gasteiger partial charge >= 0.3 is 5.97 Å². The van der Waals surface area contributed by atoms with Crippen LogP contribution in [0.15, 0.2) is 41.2 Å². The van der Waals surface area contributed by atoms with Crippen molar-refractivity contribution in [2.45, 2.75) is 39.3 Å². The average molecular weight is 476 g/mol. The Bertz CT molecular complexity index is 1250. The minimum Gasteiger partial charge on any atom is -0.474 e. The highest BCUT2D eigenvalue weighted by molar-refractivity contribution is 6.32. The van der Waals surface area contributed by atoms with E-state index in [-0.39, 0.29) is 12.5 Å².